The molecule has 1 unspecified atom stereocenters. The van der Waals surface area contributed by atoms with E-state index in [1.54, 1.807) is 0 Å². The number of fused-ring (bicyclic) bond motifs is 5. The first-order valence-electron chi connectivity index (χ1n) is 11.5. The molecule has 0 radical (unpaired) electrons. The summed E-state index contributed by atoms with van der Waals surface area (Å²) in [5.41, 5.74) is 3.05. The van der Waals surface area contributed by atoms with Gasteiger partial charge in [-0.3, -0.25) is 9.59 Å². The molecular weight excluding hydrogens is 422 g/mol. The van der Waals surface area contributed by atoms with Gasteiger partial charge in [-0.1, -0.05) is 54.8 Å². The number of hydrogen-bond donors (Lipinski definition) is 1. The first-order chi connectivity index (χ1) is 15.5. The highest BCUT2D eigenvalue weighted by Crippen LogP contribution is 2.48. The fourth-order valence-electron chi connectivity index (χ4n) is 6.14. The van der Waals surface area contributed by atoms with E-state index in [4.69, 9.17) is 11.6 Å². The van der Waals surface area contributed by atoms with Crippen molar-refractivity contribution in [2.45, 2.75) is 50.1 Å². The Kier molecular flexibility index (Phi) is 4.41. The van der Waals surface area contributed by atoms with Crippen molar-refractivity contribution in [3.8, 4) is 0 Å². The summed E-state index contributed by atoms with van der Waals surface area (Å²) in [6.45, 7) is 2.60. The van der Waals surface area contributed by atoms with Gasteiger partial charge in [0.05, 0.1) is 5.69 Å². The minimum Gasteiger partial charge on any atom is -0.356 e. The second kappa shape index (κ2) is 7.11. The topological polar surface area (TPSA) is 56.4 Å². The highest BCUT2D eigenvalue weighted by Gasteiger charge is 2.57. The lowest BCUT2D eigenvalue weighted by molar-refractivity contribution is -0.168. The number of carbonyl (C=O) groups excluding carboxylic acids is 2. The molecule has 3 aliphatic rings. The molecule has 3 aromatic rings. The third-order valence-corrected chi connectivity index (χ3v) is 8.06. The summed E-state index contributed by atoms with van der Waals surface area (Å²) in [7, 11) is 0. The number of hydrogen-bond acceptors (Lipinski definition) is 2. The van der Waals surface area contributed by atoms with Crippen LogP contribution in [0.1, 0.15) is 55.3 Å². The number of rotatable bonds is 2. The molecule has 32 heavy (non-hydrogen) atoms. The minimum atomic E-state index is -1.02. The largest absolute Gasteiger partial charge is 0.356 e. The van der Waals surface area contributed by atoms with Gasteiger partial charge in [-0.15, -0.1) is 0 Å². The normalized spacial score (nSPS) is 26.0. The van der Waals surface area contributed by atoms with Crippen molar-refractivity contribution in [1.82, 2.24) is 14.8 Å². The summed E-state index contributed by atoms with van der Waals surface area (Å²) >= 11 is 6.16. The van der Waals surface area contributed by atoms with E-state index in [2.05, 4.69) is 11.1 Å². The third-order valence-electron chi connectivity index (χ3n) is 7.81. The van der Waals surface area contributed by atoms with Crippen LogP contribution in [0.15, 0.2) is 48.5 Å². The lowest BCUT2D eigenvalue weighted by Crippen LogP contribution is -2.68. The molecular formula is C26H26ClN3O2. The number of para-hydroxylation sites is 1. The number of amides is 2. The first kappa shape index (κ1) is 19.9. The molecule has 2 atom stereocenters. The van der Waals surface area contributed by atoms with Crippen LogP contribution in [-0.2, 0) is 15.1 Å². The molecule has 1 aliphatic carbocycles. The Morgan fingerprint density at radius 1 is 1.03 bits per heavy atom. The second-order valence-corrected chi connectivity index (χ2v) is 9.95. The summed E-state index contributed by atoms with van der Waals surface area (Å²) in [4.78, 5) is 34.8. The molecule has 0 bridgehead atoms. The molecule has 1 saturated carbocycles. The van der Waals surface area contributed by atoms with Gasteiger partial charge < -0.3 is 14.8 Å². The first-order valence-corrected chi connectivity index (χ1v) is 11.8. The Labute approximate surface area is 192 Å². The van der Waals surface area contributed by atoms with Crippen LogP contribution in [0.4, 0.5) is 0 Å². The molecule has 0 spiro atoms. The molecule has 164 valence electrons. The van der Waals surface area contributed by atoms with Crippen LogP contribution in [0.3, 0.4) is 0 Å². The van der Waals surface area contributed by atoms with E-state index in [0.717, 1.165) is 53.4 Å². The van der Waals surface area contributed by atoms with Gasteiger partial charge in [0.2, 0.25) is 5.91 Å². The third kappa shape index (κ3) is 2.70. The summed E-state index contributed by atoms with van der Waals surface area (Å²) in [5, 5.41) is 1.80. The van der Waals surface area contributed by atoms with Crippen LogP contribution < -0.4 is 0 Å². The standard InChI is InChI=1S/C26H26ClN3O2/c1-26-24-23(19-8-4-5-9-21(19)28-24)20(16-10-12-17(27)13-11-16)14-30(26)22(31)15-29(25(26)32)18-6-2-3-7-18/h4-5,8-13,18,20,28H,2-3,6-7,14-15H2,1H3/t20?,26-/m0/s1. The molecule has 2 amide bonds. The molecule has 6 rings (SSSR count). The molecule has 1 aromatic heterocycles. The summed E-state index contributed by atoms with van der Waals surface area (Å²) in [6, 6.07) is 16.2. The second-order valence-electron chi connectivity index (χ2n) is 9.51. The Morgan fingerprint density at radius 3 is 2.50 bits per heavy atom. The summed E-state index contributed by atoms with van der Waals surface area (Å²) in [6.07, 6.45) is 4.23. The number of carbonyl (C=O) groups is 2. The molecule has 2 aromatic carbocycles. The number of piperazine rings is 1. The molecule has 3 heterocycles. The van der Waals surface area contributed by atoms with Crippen LogP contribution >= 0.6 is 11.6 Å². The molecule has 1 N–H and O–H groups in total. The van der Waals surface area contributed by atoms with Crippen LogP contribution in [0.25, 0.3) is 10.9 Å². The average molecular weight is 448 g/mol. The van der Waals surface area contributed by atoms with E-state index >= 15 is 0 Å². The van der Waals surface area contributed by atoms with Gasteiger partial charge in [0.15, 0.2) is 5.54 Å². The maximum absolute atomic E-state index is 14.0. The molecule has 5 nitrogen and oxygen atoms in total. The molecule has 6 heteroatoms. The van der Waals surface area contributed by atoms with Crippen LogP contribution in [0.5, 0.6) is 0 Å². The number of nitrogens with one attached hydrogen (secondary N) is 1. The zero-order valence-corrected chi connectivity index (χ0v) is 18.9. The predicted octanol–water partition coefficient (Wildman–Crippen LogP) is 4.80. The van der Waals surface area contributed by atoms with Crippen molar-refractivity contribution in [3.05, 3.63) is 70.4 Å². The Balaban J connectivity index is 1.56. The van der Waals surface area contributed by atoms with Crippen molar-refractivity contribution in [1.29, 1.82) is 0 Å². The fraction of sp³-hybridized carbons (Fsp3) is 0.385. The number of aromatic amines is 1. The van der Waals surface area contributed by atoms with Gasteiger partial charge >= 0.3 is 0 Å². The lowest BCUT2D eigenvalue weighted by atomic mass is 9.76. The van der Waals surface area contributed by atoms with Gasteiger partial charge in [0.1, 0.15) is 6.54 Å². The Hall–Kier alpha value is -2.79. The van der Waals surface area contributed by atoms with E-state index in [-0.39, 0.29) is 30.3 Å². The lowest BCUT2D eigenvalue weighted by Gasteiger charge is -2.52. The van der Waals surface area contributed by atoms with Gasteiger partial charge in [0.25, 0.3) is 5.91 Å². The average Bonchev–Trinajstić information content (AvgIpc) is 3.46. The van der Waals surface area contributed by atoms with Crippen LogP contribution in [-0.4, -0.2) is 45.7 Å². The number of H-pyrrole nitrogens is 1. The molecule has 2 fully saturated rings. The van der Waals surface area contributed by atoms with E-state index < -0.39 is 5.54 Å². The SMILES string of the molecule is C[C@]12C(=O)N(C3CCCC3)CC(=O)N1CC(c1ccc(Cl)cc1)c1c2[nH]c2ccccc12. The summed E-state index contributed by atoms with van der Waals surface area (Å²) in [5.74, 6) is 0.0508. The van der Waals surface area contributed by atoms with E-state index in [0.29, 0.717) is 11.6 Å². The maximum Gasteiger partial charge on any atom is 0.255 e. The Morgan fingerprint density at radius 2 is 1.75 bits per heavy atom. The van der Waals surface area contributed by atoms with E-state index in [1.165, 1.54) is 0 Å². The zero-order chi connectivity index (χ0) is 22.0. The quantitative estimate of drug-likeness (QED) is 0.613. The fourth-order valence-corrected chi connectivity index (χ4v) is 6.26. The van der Waals surface area contributed by atoms with E-state index in [1.807, 2.05) is 59.2 Å². The van der Waals surface area contributed by atoms with Gasteiger partial charge in [-0.25, -0.2) is 0 Å². The van der Waals surface area contributed by atoms with E-state index in [9.17, 15) is 9.59 Å². The van der Waals surface area contributed by atoms with Gasteiger partial charge in [-0.2, -0.15) is 0 Å². The van der Waals surface area contributed by atoms with Crippen LogP contribution in [0, 0.1) is 0 Å². The Bertz CT molecular complexity index is 1230. The number of aromatic nitrogens is 1. The highest BCUT2D eigenvalue weighted by atomic mass is 35.5. The predicted molar refractivity (Wildman–Crippen MR) is 125 cm³/mol. The van der Waals surface area contributed by atoms with Crippen molar-refractivity contribution in [2.75, 3.05) is 13.1 Å². The van der Waals surface area contributed by atoms with Crippen molar-refractivity contribution < 1.29 is 9.59 Å². The van der Waals surface area contributed by atoms with Crippen molar-refractivity contribution in [2.24, 2.45) is 0 Å². The van der Waals surface area contributed by atoms with Gasteiger partial charge in [-0.05, 0) is 49.1 Å². The van der Waals surface area contributed by atoms with Crippen LogP contribution in [0.2, 0.25) is 5.02 Å². The molecule has 2 aliphatic heterocycles. The number of halogens is 1. The van der Waals surface area contributed by atoms with Crippen molar-refractivity contribution >= 4 is 34.3 Å². The smallest absolute Gasteiger partial charge is 0.255 e. The number of benzene rings is 2. The number of nitrogens with zero attached hydrogens (tertiary/aromatic N) is 2. The summed E-state index contributed by atoms with van der Waals surface area (Å²) < 4.78 is 0. The van der Waals surface area contributed by atoms with Crippen molar-refractivity contribution in [3.63, 3.8) is 0 Å². The highest BCUT2D eigenvalue weighted by molar-refractivity contribution is 6.30. The maximum atomic E-state index is 14.0. The van der Waals surface area contributed by atoms with Gasteiger partial charge in [0, 0.05) is 34.4 Å². The zero-order valence-electron chi connectivity index (χ0n) is 18.1. The molecule has 1 saturated heterocycles. The monoisotopic (exact) mass is 447 g/mol. The minimum absolute atomic E-state index is 0.0266.